The Morgan fingerprint density at radius 3 is 2.30 bits per heavy atom. The minimum atomic E-state index is -0.237. The van der Waals surface area contributed by atoms with Crippen LogP contribution in [-0.4, -0.2) is 23.0 Å². The molecular weight excluding hydrogens is 444 g/mol. The van der Waals surface area contributed by atoms with Gasteiger partial charge >= 0.3 is 0 Å². The summed E-state index contributed by atoms with van der Waals surface area (Å²) in [5, 5.41) is 5.35. The summed E-state index contributed by atoms with van der Waals surface area (Å²) < 4.78 is 6.89. The minimum absolute atomic E-state index is 0.164. The third-order valence-corrected chi connectivity index (χ3v) is 6.76. The second-order valence-electron chi connectivity index (χ2n) is 8.06. The average molecular weight is 465 g/mol. The van der Waals surface area contributed by atoms with E-state index in [1.165, 1.54) is 0 Å². The number of carbonyl (C=O) groups excluding carboxylic acids is 2. The summed E-state index contributed by atoms with van der Waals surface area (Å²) in [6.45, 7) is 0.454. The maximum absolute atomic E-state index is 12.8. The van der Waals surface area contributed by atoms with E-state index in [-0.39, 0.29) is 35.5 Å². The van der Waals surface area contributed by atoms with Crippen molar-refractivity contribution < 1.29 is 14.3 Å². The molecule has 2 aromatic rings. The molecule has 152 valence electrons. The molecule has 1 saturated carbocycles. The summed E-state index contributed by atoms with van der Waals surface area (Å²) in [4.78, 5) is 25.7. The molecule has 30 heavy (non-hydrogen) atoms. The number of hydrogen-bond donors (Lipinski definition) is 0. The topological polar surface area (TPSA) is 59.0 Å². The average Bonchev–Trinajstić information content (AvgIpc) is 3.05. The van der Waals surface area contributed by atoms with Crippen molar-refractivity contribution in [2.45, 2.75) is 19.4 Å². The van der Waals surface area contributed by atoms with Crippen LogP contribution in [0.25, 0.3) is 0 Å². The zero-order chi connectivity index (χ0) is 20.7. The third-order valence-electron chi connectivity index (χ3n) is 6.24. The SMILES string of the molecule is O=C1[C@@H]2[C@H](C(=O)N1/N=C\c1cccc(OCc3ccc(Br)cc3)c1)[C@@H]1C=C[C@H]2CC1. The lowest BCUT2D eigenvalue weighted by atomic mass is 9.63. The predicted molar refractivity (Wildman–Crippen MR) is 117 cm³/mol. The molecule has 0 aromatic heterocycles. The summed E-state index contributed by atoms with van der Waals surface area (Å²) in [6.07, 6.45) is 7.75. The molecule has 6 rings (SSSR count). The monoisotopic (exact) mass is 464 g/mol. The highest BCUT2D eigenvalue weighted by atomic mass is 79.9. The van der Waals surface area contributed by atoms with E-state index in [4.69, 9.17) is 4.74 Å². The Morgan fingerprint density at radius 2 is 1.67 bits per heavy atom. The Hall–Kier alpha value is -2.73. The van der Waals surface area contributed by atoms with Crippen LogP contribution < -0.4 is 4.74 Å². The second-order valence-corrected chi connectivity index (χ2v) is 8.98. The first-order chi connectivity index (χ1) is 14.6. The smallest absolute Gasteiger partial charge is 0.254 e. The molecule has 0 radical (unpaired) electrons. The standard InChI is InChI=1S/C24H21BrN2O3/c25-19-10-4-15(5-11-19)14-30-20-3-1-2-16(12-20)13-26-27-23(28)21-17-6-7-18(9-8-17)22(21)24(27)29/h1-7,10-13,17-18,21-22H,8-9,14H2/b26-13-/t17-,18+,21-,22+. The number of allylic oxidation sites excluding steroid dienone is 2. The molecule has 2 bridgehead atoms. The van der Waals surface area contributed by atoms with Gasteiger partial charge in [0.05, 0.1) is 18.1 Å². The molecule has 2 fully saturated rings. The summed E-state index contributed by atoms with van der Waals surface area (Å²) in [5.74, 6) is 0.250. The van der Waals surface area contributed by atoms with Crippen LogP contribution in [0.1, 0.15) is 24.0 Å². The lowest BCUT2D eigenvalue weighted by Gasteiger charge is -2.37. The Labute approximate surface area is 183 Å². The number of carbonyl (C=O) groups is 2. The first-order valence-electron chi connectivity index (χ1n) is 10.2. The molecule has 1 aliphatic heterocycles. The molecule has 2 amide bonds. The molecular formula is C24H21BrN2O3. The minimum Gasteiger partial charge on any atom is -0.489 e. The van der Waals surface area contributed by atoms with Crippen LogP contribution in [0.5, 0.6) is 5.75 Å². The number of ether oxygens (including phenoxy) is 1. The van der Waals surface area contributed by atoms with Crippen molar-refractivity contribution in [2.75, 3.05) is 0 Å². The van der Waals surface area contributed by atoms with E-state index in [0.717, 1.165) is 33.5 Å². The number of hydrogen-bond acceptors (Lipinski definition) is 4. The van der Waals surface area contributed by atoms with E-state index in [2.05, 4.69) is 33.2 Å². The molecule has 4 atom stereocenters. The highest BCUT2D eigenvalue weighted by Gasteiger charge is 2.56. The molecule has 5 nitrogen and oxygen atoms in total. The van der Waals surface area contributed by atoms with Gasteiger partial charge in [-0.2, -0.15) is 10.1 Å². The fourth-order valence-corrected chi connectivity index (χ4v) is 4.99. The van der Waals surface area contributed by atoms with Crippen LogP contribution in [0.2, 0.25) is 0 Å². The van der Waals surface area contributed by atoms with Crippen LogP contribution in [0.3, 0.4) is 0 Å². The number of imide groups is 1. The van der Waals surface area contributed by atoms with Crippen LogP contribution in [0.4, 0.5) is 0 Å². The zero-order valence-electron chi connectivity index (χ0n) is 16.3. The van der Waals surface area contributed by atoms with Crippen LogP contribution in [-0.2, 0) is 16.2 Å². The highest BCUT2D eigenvalue weighted by molar-refractivity contribution is 9.10. The van der Waals surface area contributed by atoms with Gasteiger partial charge in [0.2, 0.25) is 0 Å². The largest absolute Gasteiger partial charge is 0.489 e. The summed E-state index contributed by atoms with van der Waals surface area (Å²) >= 11 is 3.42. The maximum Gasteiger partial charge on any atom is 0.254 e. The van der Waals surface area contributed by atoms with Crippen LogP contribution in [0, 0.1) is 23.7 Å². The molecule has 3 aliphatic carbocycles. The van der Waals surface area contributed by atoms with Crippen molar-refractivity contribution in [1.29, 1.82) is 0 Å². The predicted octanol–water partition coefficient (Wildman–Crippen LogP) is 4.56. The molecule has 0 N–H and O–H groups in total. The number of nitrogens with zero attached hydrogens (tertiary/aromatic N) is 2. The van der Waals surface area contributed by atoms with Crippen LogP contribution in [0.15, 0.2) is 70.3 Å². The Balaban J connectivity index is 1.28. The van der Waals surface area contributed by atoms with Gasteiger partial charge in [0.1, 0.15) is 12.4 Å². The first kappa shape index (κ1) is 19.2. The summed E-state index contributed by atoms with van der Waals surface area (Å²) in [7, 11) is 0. The summed E-state index contributed by atoms with van der Waals surface area (Å²) in [6, 6.07) is 15.4. The van der Waals surface area contributed by atoms with Gasteiger partial charge in [-0.3, -0.25) is 9.59 Å². The Morgan fingerprint density at radius 1 is 1.00 bits per heavy atom. The van der Waals surface area contributed by atoms with E-state index in [1.807, 2.05) is 48.5 Å². The third kappa shape index (κ3) is 3.49. The van der Waals surface area contributed by atoms with E-state index in [1.54, 1.807) is 6.21 Å². The van der Waals surface area contributed by atoms with Crippen molar-refractivity contribution in [3.05, 3.63) is 76.3 Å². The molecule has 1 heterocycles. The van der Waals surface area contributed by atoms with Gasteiger partial charge in [-0.15, -0.1) is 0 Å². The quantitative estimate of drug-likeness (QED) is 0.370. The number of amides is 2. The van der Waals surface area contributed by atoms with Crippen LogP contribution >= 0.6 is 15.9 Å². The van der Waals surface area contributed by atoms with Gasteiger partial charge in [-0.25, -0.2) is 0 Å². The lowest BCUT2D eigenvalue weighted by Crippen LogP contribution is -2.38. The van der Waals surface area contributed by atoms with Crippen molar-refractivity contribution in [3.8, 4) is 5.75 Å². The van der Waals surface area contributed by atoms with E-state index in [9.17, 15) is 9.59 Å². The molecule has 0 spiro atoms. The van der Waals surface area contributed by atoms with Crippen molar-refractivity contribution in [1.82, 2.24) is 5.01 Å². The lowest BCUT2D eigenvalue weighted by molar-refractivity contribution is -0.140. The first-order valence-corrected chi connectivity index (χ1v) is 11.0. The zero-order valence-corrected chi connectivity index (χ0v) is 17.9. The van der Waals surface area contributed by atoms with Crippen molar-refractivity contribution in [3.63, 3.8) is 0 Å². The van der Waals surface area contributed by atoms with Gasteiger partial charge in [-0.1, -0.05) is 52.3 Å². The van der Waals surface area contributed by atoms with Gasteiger partial charge in [-0.05, 0) is 60.1 Å². The van der Waals surface area contributed by atoms with Crippen molar-refractivity contribution in [2.24, 2.45) is 28.8 Å². The molecule has 6 heteroatoms. The number of fused-ring (bicyclic) bond motifs is 1. The summed E-state index contributed by atoms with van der Waals surface area (Å²) in [5.41, 5.74) is 1.84. The fourth-order valence-electron chi connectivity index (χ4n) is 4.73. The van der Waals surface area contributed by atoms with E-state index < -0.39 is 0 Å². The van der Waals surface area contributed by atoms with Gasteiger partial charge in [0.25, 0.3) is 11.8 Å². The molecule has 1 saturated heterocycles. The molecule has 4 aliphatic rings. The Bertz CT molecular complexity index is 1010. The number of halogens is 1. The van der Waals surface area contributed by atoms with Gasteiger partial charge in [0.15, 0.2) is 0 Å². The molecule has 2 aromatic carbocycles. The van der Waals surface area contributed by atoms with Gasteiger partial charge < -0.3 is 4.74 Å². The number of hydrazone groups is 1. The number of rotatable bonds is 5. The second kappa shape index (κ2) is 7.84. The normalized spacial score (nSPS) is 27.2. The van der Waals surface area contributed by atoms with Crippen molar-refractivity contribution >= 4 is 34.0 Å². The fraction of sp³-hybridized carbons (Fsp3) is 0.292. The van der Waals surface area contributed by atoms with E-state index in [0.29, 0.717) is 12.4 Å². The highest BCUT2D eigenvalue weighted by Crippen LogP contribution is 2.49. The maximum atomic E-state index is 12.8. The Kier molecular flexibility index (Phi) is 5.03. The number of benzene rings is 2. The van der Waals surface area contributed by atoms with Gasteiger partial charge in [0, 0.05) is 4.47 Å². The molecule has 0 unspecified atom stereocenters. The van der Waals surface area contributed by atoms with E-state index >= 15 is 0 Å².